The molecular formula is C17H18FN3O3. The second-order valence-electron chi connectivity index (χ2n) is 5.93. The van der Waals surface area contributed by atoms with E-state index in [2.05, 4.69) is 10.5 Å². The first-order chi connectivity index (χ1) is 11.5. The Morgan fingerprint density at radius 2 is 2.17 bits per heavy atom. The summed E-state index contributed by atoms with van der Waals surface area (Å²) in [6.07, 6.45) is 0.814. The van der Waals surface area contributed by atoms with Gasteiger partial charge in [0, 0.05) is 25.6 Å². The van der Waals surface area contributed by atoms with Gasteiger partial charge in [-0.2, -0.15) is 0 Å². The van der Waals surface area contributed by atoms with Gasteiger partial charge >= 0.3 is 0 Å². The normalized spacial score (nSPS) is 17.3. The largest absolute Gasteiger partial charge is 0.360 e. The van der Waals surface area contributed by atoms with Crippen molar-refractivity contribution in [2.75, 3.05) is 18.4 Å². The first kappa shape index (κ1) is 16.2. The van der Waals surface area contributed by atoms with Gasteiger partial charge in [-0.15, -0.1) is 0 Å². The number of benzene rings is 1. The highest BCUT2D eigenvalue weighted by molar-refractivity contribution is 5.96. The van der Waals surface area contributed by atoms with Crippen LogP contribution in [0, 0.1) is 18.7 Å². The van der Waals surface area contributed by atoms with Crippen LogP contribution in [0.2, 0.25) is 0 Å². The van der Waals surface area contributed by atoms with Gasteiger partial charge in [0.15, 0.2) is 5.82 Å². The molecule has 6 nitrogen and oxygen atoms in total. The molecular weight excluding hydrogens is 313 g/mol. The number of nitrogens with zero attached hydrogens (tertiary/aromatic N) is 2. The second-order valence-corrected chi connectivity index (χ2v) is 5.93. The average molecular weight is 331 g/mol. The lowest BCUT2D eigenvalue weighted by Crippen LogP contribution is -2.30. The number of hydrogen-bond acceptors (Lipinski definition) is 4. The van der Waals surface area contributed by atoms with E-state index in [0.29, 0.717) is 31.1 Å². The van der Waals surface area contributed by atoms with E-state index in [1.54, 1.807) is 30.0 Å². The minimum atomic E-state index is -0.400. The molecule has 24 heavy (non-hydrogen) atoms. The predicted molar refractivity (Wildman–Crippen MR) is 84.7 cm³/mol. The molecule has 0 unspecified atom stereocenters. The number of likely N-dealkylation sites (tertiary alicyclic amines) is 1. The zero-order valence-corrected chi connectivity index (χ0v) is 13.3. The molecule has 0 bridgehead atoms. The molecule has 1 aliphatic heterocycles. The lowest BCUT2D eigenvalue weighted by atomic mass is 10.1. The summed E-state index contributed by atoms with van der Waals surface area (Å²) in [6.45, 7) is 2.62. The van der Waals surface area contributed by atoms with Gasteiger partial charge in [-0.3, -0.25) is 9.59 Å². The summed E-state index contributed by atoms with van der Waals surface area (Å²) in [6, 6.07) is 7.83. The molecule has 1 atom stereocenters. The molecule has 1 aromatic heterocycles. The molecule has 1 aromatic carbocycles. The van der Waals surface area contributed by atoms with E-state index in [1.807, 2.05) is 0 Å². The van der Waals surface area contributed by atoms with Crippen LogP contribution in [0.5, 0.6) is 0 Å². The number of halogens is 1. The summed E-state index contributed by atoms with van der Waals surface area (Å²) in [5.74, 6) is -0.00323. The number of anilines is 1. The molecule has 1 aliphatic rings. The van der Waals surface area contributed by atoms with Crippen molar-refractivity contribution in [1.82, 2.24) is 10.1 Å². The average Bonchev–Trinajstić information content (AvgIpc) is 3.13. The Labute approximate surface area is 138 Å². The number of amides is 2. The number of aryl methyl sites for hydroxylation is 1. The summed E-state index contributed by atoms with van der Waals surface area (Å²) >= 11 is 0. The molecule has 0 aliphatic carbocycles. The summed E-state index contributed by atoms with van der Waals surface area (Å²) < 4.78 is 17.8. The van der Waals surface area contributed by atoms with Gasteiger partial charge in [0.2, 0.25) is 11.8 Å². The summed E-state index contributed by atoms with van der Waals surface area (Å²) in [5, 5.41) is 6.37. The highest BCUT2D eigenvalue weighted by Crippen LogP contribution is 2.20. The molecule has 1 N–H and O–H groups in total. The van der Waals surface area contributed by atoms with Crippen molar-refractivity contribution in [1.29, 1.82) is 0 Å². The van der Waals surface area contributed by atoms with Crippen LogP contribution in [0.15, 0.2) is 34.9 Å². The van der Waals surface area contributed by atoms with E-state index in [0.717, 1.165) is 5.56 Å². The number of nitrogens with one attached hydrogen (secondary N) is 1. The second kappa shape index (κ2) is 6.82. The molecule has 0 spiro atoms. The van der Waals surface area contributed by atoms with Crippen molar-refractivity contribution >= 4 is 17.6 Å². The maximum absolute atomic E-state index is 12.9. The first-order valence-corrected chi connectivity index (χ1v) is 7.77. The maximum atomic E-state index is 12.9. The van der Waals surface area contributed by atoms with Crippen molar-refractivity contribution in [3.63, 3.8) is 0 Å². The molecule has 2 amide bonds. The third kappa shape index (κ3) is 3.79. The number of carbonyl (C=O) groups excluding carboxylic acids is 2. The Morgan fingerprint density at radius 1 is 1.42 bits per heavy atom. The molecule has 0 saturated carbocycles. The van der Waals surface area contributed by atoms with Crippen LogP contribution in [0.25, 0.3) is 0 Å². The van der Waals surface area contributed by atoms with Crippen LogP contribution in [-0.4, -0.2) is 35.0 Å². The standard InChI is InChI=1S/C17H18FN3O3/c1-11-8-15(20-24-11)19-17(23)13-9-16(22)21(10-13)7-6-12-2-4-14(18)5-3-12/h2-5,8,13H,6-7,9-10H2,1H3,(H,19,20,23)/t13-/m1/s1. The molecule has 2 heterocycles. The van der Waals surface area contributed by atoms with Crippen LogP contribution >= 0.6 is 0 Å². The number of hydrogen-bond donors (Lipinski definition) is 1. The predicted octanol–water partition coefficient (Wildman–Crippen LogP) is 2.15. The summed E-state index contributed by atoms with van der Waals surface area (Å²) in [5.41, 5.74) is 0.954. The lowest BCUT2D eigenvalue weighted by Gasteiger charge is -2.16. The minimum Gasteiger partial charge on any atom is -0.360 e. The smallest absolute Gasteiger partial charge is 0.231 e. The van der Waals surface area contributed by atoms with E-state index in [9.17, 15) is 14.0 Å². The van der Waals surface area contributed by atoms with Gasteiger partial charge in [-0.25, -0.2) is 4.39 Å². The molecule has 3 rings (SSSR count). The molecule has 1 saturated heterocycles. The van der Waals surface area contributed by atoms with Gasteiger partial charge in [-0.05, 0) is 31.0 Å². The Balaban J connectivity index is 1.53. The van der Waals surface area contributed by atoms with Crippen molar-refractivity contribution < 1.29 is 18.5 Å². The zero-order chi connectivity index (χ0) is 17.1. The van der Waals surface area contributed by atoms with Crippen molar-refractivity contribution in [2.24, 2.45) is 5.92 Å². The van der Waals surface area contributed by atoms with Crippen molar-refractivity contribution in [2.45, 2.75) is 19.8 Å². The van der Waals surface area contributed by atoms with Crippen molar-refractivity contribution in [3.8, 4) is 0 Å². The summed E-state index contributed by atoms with van der Waals surface area (Å²) in [7, 11) is 0. The zero-order valence-electron chi connectivity index (χ0n) is 13.3. The SMILES string of the molecule is Cc1cc(NC(=O)[C@@H]2CC(=O)N(CCc3ccc(F)cc3)C2)no1. The quantitative estimate of drug-likeness (QED) is 0.911. The number of rotatable bonds is 5. The topological polar surface area (TPSA) is 75.4 Å². The Hall–Kier alpha value is -2.70. The van der Waals surface area contributed by atoms with Crippen LogP contribution in [0.1, 0.15) is 17.7 Å². The maximum Gasteiger partial charge on any atom is 0.231 e. The number of aromatic nitrogens is 1. The third-order valence-electron chi connectivity index (χ3n) is 4.05. The van der Waals surface area contributed by atoms with E-state index in [-0.39, 0.29) is 24.1 Å². The van der Waals surface area contributed by atoms with Crippen LogP contribution in [0.3, 0.4) is 0 Å². The van der Waals surface area contributed by atoms with E-state index >= 15 is 0 Å². The fraction of sp³-hybridized carbons (Fsp3) is 0.353. The molecule has 126 valence electrons. The number of carbonyl (C=O) groups is 2. The Kier molecular flexibility index (Phi) is 4.59. The van der Waals surface area contributed by atoms with E-state index in [1.165, 1.54) is 12.1 Å². The highest BCUT2D eigenvalue weighted by atomic mass is 19.1. The Morgan fingerprint density at radius 3 is 2.83 bits per heavy atom. The third-order valence-corrected chi connectivity index (χ3v) is 4.05. The highest BCUT2D eigenvalue weighted by Gasteiger charge is 2.34. The molecule has 7 heteroatoms. The van der Waals surface area contributed by atoms with Crippen LogP contribution < -0.4 is 5.32 Å². The van der Waals surface area contributed by atoms with Gasteiger partial charge in [0.1, 0.15) is 11.6 Å². The fourth-order valence-electron chi connectivity index (χ4n) is 2.73. The molecule has 1 fully saturated rings. The first-order valence-electron chi connectivity index (χ1n) is 7.77. The summed E-state index contributed by atoms with van der Waals surface area (Å²) in [4.78, 5) is 26.0. The Bertz CT molecular complexity index is 742. The van der Waals surface area contributed by atoms with Gasteiger partial charge in [0.05, 0.1) is 5.92 Å². The van der Waals surface area contributed by atoms with Crippen LogP contribution in [0.4, 0.5) is 10.2 Å². The van der Waals surface area contributed by atoms with Crippen molar-refractivity contribution in [3.05, 3.63) is 47.5 Å². The lowest BCUT2D eigenvalue weighted by molar-refractivity contribution is -0.128. The minimum absolute atomic E-state index is 0.0476. The van der Waals surface area contributed by atoms with E-state index < -0.39 is 5.92 Å². The van der Waals surface area contributed by atoms with E-state index in [4.69, 9.17) is 4.52 Å². The molecule has 0 radical (unpaired) electrons. The van der Waals surface area contributed by atoms with Gasteiger partial charge in [0.25, 0.3) is 0 Å². The van der Waals surface area contributed by atoms with Gasteiger partial charge < -0.3 is 14.7 Å². The van der Waals surface area contributed by atoms with Gasteiger partial charge in [-0.1, -0.05) is 17.3 Å². The van der Waals surface area contributed by atoms with Crippen LogP contribution in [-0.2, 0) is 16.0 Å². The monoisotopic (exact) mass is 331 g/mol. The molecule has 2 aromatic rings. The fourth-order valence-corrected chi connectivity index (χ4v) is 2.73.